The van der Waals surface area contributed by atoms with E-state index in [9.17, 15) is 22.8 Å². The van der Waals surface area contributed by atoms with Gasteiger partial charge in [-0.15, -0.1) is 0 Å². The molecule has 3 aromatic rings. The highest BCUT2D eigenvalue weighted by atomic mass is 35.5. The Morgan fingerprint density at radius 3 is 2.50 bits per heavy atom. The number of carbonyl (C=O) groups is 2. The van der Waals surface area contributed by atoms with Gasteiger partial charge in [-0.25, -0.2) is 0 Å². The van der Waals surface area contributed by atoms with Gasteiger partial charge in [0.05, 0.1) is 0 Å². The molecule has 1 unspecified atom stereocenters. The fourth-order valence-electron chi connectivity index (χ4n) is 4.04. The van der Waals surface area contributed by atoms with Gasteiger partial charge in [-0.05, 0) is 47.9 Å². The summed E-state index contributed by atoms with van der Waals surface area (Å²) in [5.41, 5.74) is 1.60. The second-order valence-corrected chi connectivity index (χ2v) is 9.01. The maximum Gasteiger partial charge on any atom is 0.435 e. The third kappa shape index (κ3) is 6.15. The Kier molecular flexibility index (Phi) is 7.49. The molecule has 1 aliphatic heterocycles. The van der Waals surface area contributed by atoms with Gasteiger partial charge in [0.2, 0.25) is 11.8 Å². The Hall–Kier alpha value is -3.59. The van der Waals surface area contributed by atoms with Crippen LogP contribution in [-0.2, 0) is 41.6 Å². The number of anilines is 1. The molecule has 6 nitrogen and oxygen atoms in total. The topological polar surface area (TPSA) is 67.2 Å². The number of rotatable bonds is 2. The van der Waals surface area contributed by atoms with Crippen LogP contribution in [0.2, 0.25) is 5.02 Å². The molecule has 0 aliphatic carbocycles. The van der Waals surface area contributed by atoms with Crippen LogP contribution in [0.1, 0.15) is 22.5 Å². The maximum absolute atomic E-state index is 13.4. The standard InChI is InChI=1S/C26H24ClF3N4O2/c1-33(20-11-9-19(27)10-12-20)25(36)22-14-18-7-4-6-17(13-18)5-2-3-8-21-15-23(26(28,29)30)32-34(21)16-24(35)31-22/h2-4,6-7,9-13,15,22H,5,8,14,16H2,1H3,(H,31,35). The van der Waals surface area contributed by atoms with Gasteiger partial charge in [-0.1, -0.05) is 48.0 Å². The number of nitrogens with one attached hydrogen (secondary N) is 1. The summed E-state index contributed by atoms with van der Waals surface area (Å²) in [7, 11) is 1.59. The largest absolute Gasteiger partial charge is 0.435 e. The van der Waals surface area contributed by atoms with E-state index < -0.39 is 30.4 Å². The van der Waals surface area contributed by atoms with Crippen molar-refractivity contribution < 1.29 is 22.8 Å². The van der Waals surface area contributed by atoms with Crippen LogP contribution in [0.4, 0.5) is 18.9 Å². The minimum absolute atomic E-state index is 0.178. The van der Waals surface area contributed by atoms with Gasteiger partial charge in [0.25, 0.3) is 0 Å². The van der Waals surface area contributed by atoms with Crippen molar-refractivity contribution >= 4 is 29.1 Å². The van der Waals surface area contributed by atoms with Crippen LogP contribution in [0.25, 0.3) is 0 Å². The van der Waals surface area contributed by atoms with E-state index in [0.717, 1.165) is 21.9 Å². The molecule has 2 bridgehead atoms. The number of amides is 2. The van der Waals surface area contributed by atoms with Gasteiger partial charge in [0.1, 0.15) is 12.6 Å². The SMILES string of the molecule is CN(C(=O)C1Cc2cccc(c2)CC=CCc2cc(C(F)(F)F)nn2CC(=O)N1)c1ccc(Cl)cc1. The quantitative estimate of drug-likeness (QED) is 0.506. The second-order valence-electron chi connectivity index (χ2n) is 8.57. The number of halogens is 4. The maximum atomic E-state index is 13.4. The molecular weight excluding hydrogens is 493 g/mol. The molecule has 36 heavy (non-hydrogen) atoms. The fourth-order valence-corrected chi connectivity index (χ4v) is 4.17. The average molecular weight is 517 g/mol. The van der Waals surface area contributed by atoms with E-state index in [0.29, 0.717) is 17.1 Å². The molecule has 0 radical (unpaired) electrons. The molecule has 0 saturated carbocycles. The summed E-state index contributed by atoms with van der Waals surface area (Å²) >= 11 is 5.96. The highest BCUT2D eigenvalue weighted by Gasteiger charge is 2.35. The van der Waals surface area contributed by atoms with Crippen LogP contribution in [0, 0.1) is 0 Å². The monoisotopic (exact) mass is 516 g/mol. The molecule has 1 aliphatic rings. The number of nitrogens with zero attached hydrogens (tertiary/aromatic N) is 3. The van der Waals surface area contributed by atoms with Crippen molar-refractivity contribution in [3.05, 3.63) is 94.3 Å². The van der Waals surface area contributed by atoms with Crippen LogP contribution in [-0.4, -0.2) is 34.7 Å². The van der Waals surface area contributed by atoms with Crippen molar-refractivity contribution in [2.45, 2.75) is 38.0 Å². The summed E-state index contributed by atoms with van der Waals surface area (Å²) in [6.07, 6.45) is -0.0484. The van der Waals surface area contributed by atoms with Gasteiger partial charge in [0.15, 0.2) is 5.69 Å². The first-order valence-corrected chi connectivity index (χ1v) is 11.7. The highest BCUT2D eigenvalue weighted by Crippen LogP contribution is 2.29. The number of hydrogen-bond donors (Lipinski definition) is 1. The fraction of sp³-hybridized carbons (Fsp3) is 0.269. The number of carbonyl (C=O) groups excluding carboxylic acids is 2. The Morgan fingerprint density at radius 2 is 1.78 bits per heavy atom. The van der Waals surface area contributed by atoms with Crippen molar-refractivity contribution in [2.75, 3.05) is 11.9 Å². The second kappa shape index (κ2) is 10.6. The molecule has 188 valence electrons. The smallest absolute Gasteiger partial charge is 0.342 e. The normalized spacial score (nSPS) is 16.6. The van der Waals surface area contributed by atoms with Crippen LogP contribution in [0.3, 0.4) is 0 Å². The Morgan fingerprint density at radius 1 is 1.08 bits per heavy atom. The summed E-state index contributed by atoms with van der Waals surface area (Å²) in [6, 6.07) is 14.3. The number of fused-ring (bicyclic) bond motifs is 3. The van der Waals surface area contributed by atoms with Crippen LogP contribution < -0.4 is 10.2 Å². The average Bonchev–Trinajstić information content (AvgIpc) is 3.24. The zero-order valence-electron chi connectivity index (χ0n) is 19.4. The minimum Gasteiger partial charge on any atom is -0.342 e. The molecule has 2 aromatic carbocycles. The Balaban J connectivity index is 1.67. The predicted molar refractivity (Wildman–Crippen MR) is 131 cm³/mol. The summed E-state index contributed by atoms with van der Waals surface area (Å²) < 4.78 is 40.9. The van der Waals surface area contributed by atoms with Gasteiger partial charge in [0, 0.05) is 36.3 Å². The lowest BCUT2D eigenvalue weighted by atomic mass is 10.0. The molecule has 1 N–H and O–H groups in total. The lowest BCUT2D eigenvalue weighted by Crippen LogP contribution is -2.49. The van der Waals surface area contributed by atoms with Crippen molar-refractivity contribution in [3.8, 4) is 0 Å². The molecule has 2 heterocycles. The van der Waals surface area contributed by atoms with E-state index in [1.807, 2.05) is 30.3 Å². The van der Waals surface area contributed by atoms with Crippen LogP contribution in [0.15, 0.2) is 66.7 Å². The van der Waals surface area contributed by atoms with Crippen LogP contribution in [0.5, 0.6) is 0 Å². The van der Waals surface area contributed by atoms with E-state index in [-0.39, 0.29) is 24.4 Å². The highest BCUT2D eigenvalue weighted by molar-refractivity contribution is 6.30. The first kappa shape index (κ1) is 25.5. The molecule has 4 rings (SSSR count). The van der Waals surface area contributed by atoms with Gasteiger partial charge >= 0.3 is 6.18 Å². The predicted octanol–water partition coefficient (Wildman–Crippen LogP) is 4.60. The third-order valence-electron chi connectivity index (χ3n) is 5.90. The van der Waals surface area contributed by atoms with Crippen molar-refractivity contribution in [1.29, 1.82) is 0 Å². The lowest BCUT2D eigenvalue weighted by Gasteiger charge is -2.25. The number of aromatic nitrogens is 2. The summed E-state index contributed by atoms with van der Waals surface area (Å²) in [6.45, 7) is -0.451. The molecule has 1 aromatic heterocycles. The van der Waals surface area contributed by atoms with Gasteiger partial charge in [-0.3, -0.25) is 14.3 Å². The molecule has 0 fully saturated rings. The molecule has 0 spiro atoms. The van der Waals surface area contributed by atoms with E-state index in [4.69, 9.17) is 11.6 Å². The van der Waals surface area contributed by atoms with E-state index in [2.05, 4.69) is 10.4 Å². The summed E-state index contributed by atoms with van der Waals surface area (Å²) in [5, 5.41) is 6.85. The number of hydrogen-bond acceptors (Lipinski definition) is 3. The van der Waals surface area contributed by atoms with E-state index in [1.165, 1.54) is 4.90 Å². The van der Waals surface area contributed by atoms with Crippen molar-refractivity contribution in [2.24, 2.45) is 0 Å². The van der Waals surface area contributed by atoms with Gasteiger partial charge in [-0.2, -0.15) is 18.3 Å². The Labute approximate surface area is 211 Å². The van der Waals surface area contributed by atoms with E-state index in [1.54, 1.807) is 37.4 Å². The third-order valence-corrected chi connectivity index (χ3v) is 6.16. The molecule has 1 atom stereocenters. The summed E-state index contributed by atoms with van der Waals surface area (Å²) in [5.74, 6) is -0.993. The summed E-state index contributed by atoms with van der Waals surface area (Å²) in [4.78, 5) is 27.8. The first-order valence-electron chi connectivity index (χ1n) is 11.3. The molecule has 10 heteroatoms. The molecule has 2 amide bonds. The zero-order valence-corrected chi connectivity index (χ0v) is 20.2. The number of alkyl halides is 3. The minimum atomic E-state index is -4.64. The number of allylic oxidation sites excluding steroid dienone is 2. The zero-order chi connectivity index (χ0) is 25.9. The lowest BCUT2D eigenvalue weighted by molar-refractivity contribution is -0.141. The number of benzene rings is 2. The van der Waals surface area contributed by atoms with Crippen molar-refractivity contribution in [1.82, 2.24) is 15.1 Å². The Bertz CT molecular complexity index is 1290. The number of likely N-dealkylation sites (N-methyl/N-ethyl adjacent to an activating group) is 1. The van der Waals surface area contributed by atoms with Crippen LogP contribution >= 0.6 is 11.6 Å². The van der Waals surface area contributed by atoms with Gasteiger partial charge < -0.3 is 10.2 Å². The first-order chi connectivity index (χ1) is 17.1. The van der Waals surface area contributed by atoms with Crippen molar-refractivity contribution in [3.63, 3.8) is 0 Å². The molecule has 0 saturated heterocycles. The molecular formula is C26H24ClF3N4O2. The van der Waals surface area contributed by atoms with E-state index >= 15 is 0 Å².